The van der Waals surface area contributed by atoms with E-state index in [-0.39, 0.29) is 11.9 Å². The van der Waals surface area contributed by atoms with Crippen LogP contribution >= 0.6 is 0 Å². The van der Waals surface area contributed by atoms with Gasteiger partial charge in [0, 0.05) is 0 Å². The van der Waals surface area contributed by atoms with Crippen molar-refractivity contribution in [3.05, 3.63) is 71.8 Å². The standard InChI is InChI=1S/C21H24O3/c22-19(16-10-4-1-5-11-16)20(17-12-6-2-7-13-17)24-21(23)18-14-8-3-9-15-18/h1-2,4-7,10-13,18-20,22H,3,8-9,14-15H2/t19-,20+/m1/s1. The Kier molecular flexibility index (Phi) is 5.65. The van der Waals surface area contributed by atoms with Crippen LogP contribution < -0.4 is 0 Å². The molecule has 0 spiro atoms. The number of carbonyl (C=O) groups excluding carboxylic acids is 1. The first-order valence-corrected chi connectivity index (χ1v) is 8.74. The fourth-order valence-corrected chi connectivity index (χ4v) is 3.34. The van der Waals surface area contributed by atoms with Crippen molar-refractivity contribution in [3.8, 4) is 0 Å². The lowest BCUT2D eigenvalue weighted by Crippen LogP contribution is -2.25. The normalized spacial score (nSPS) is 17.9. The van der Waals surface area contributed by atoms with Gasteiger partial charge < -0.3 is 9.84 Å². The molecule has 0 saturated heterocycles. The molecular weight excluding hydrogens is 300 g/mol. The molecule has 1 fully saturated rings. The average Bonchev–Trinajstić information content (AvgIpc) is 2.67. The lowest BCUT2D eigenvalue weighted by molar-refractivity contribution is -0.162. The molecule has 0 aromatic heterocycles. The maximum absolute atomic E-state index is 12.6. The van der Waals surface area contributed by atoms with Gasteiger partial charge >= 0.3 is 5.97 Å². The topological polar surface area (TPSA) is 46.5 Å². The summed E-state index contributed by atoms with van der Waals surface area (Å²) in [6.07, 6.45) is 3.58. The minimum absolute atomic E-state index is 0.0343. The SMILES string of the molecule is O=C(O[C@@H](c1ccccc1)[C@H](O)c1ccccc1)C1CCCCC1. The van der Waals surface area contributed by atoms with Gasteiger partial charge in [0.1, 0.15) is 6.10 Å². The predicted molar refractivity (Wildman–Crippen MR) is 93.3 cm³/mol. The van der Waals surface area contributed by atoms with E-state index >= 15 is 0 Å². The van der Waals surface area contributed by atoms with E-state index in [4.69, 9.17) is 4.74 Å². The molecule has 1 saturated carbocycles. The van der Waals surface area contributed by atoms with E-state index in [1.54, 1.807) is 0 Å². The summed E-state index contributed by atoms with van der Waals surface area (Å²) < 4.78 is 5.80. The zero-order valence-corrected chi connectivity index (χ0v) is 13.8. The molecule has 126 valence electrons. The van der Waals surface area contributed by atoms with E-state index in [2.05, 4.69) is 0 Å². The summed E-state index contributed by atoms with van der Waals surface area (Å²) in [5.74, 6) is -0.216. The highest BCUT2D eigenvalue weighted by atomic mass is 16.6. The van der Waals surface area contributed by atoms with Crippen molar-refractivity contribution in [2.45, 2.75) is 44.3 Å². The fraction of sp³-hybridized carbons (Fsp3) is 0.381. The Labute approximate surface area is 143 Å². The van der Waals surface area contributed by atoms with E-state index in [1.807, 2.05) is 60.7 Å². The molecule has 0 heterocycles. The lowest BCUT2D eigenvalue weighted by atomic mass is 9.89. The van der Waals surface area contributed by atoms with Crippen LogP contribution in [0.1, 0.15) is 55.4 Å². The molecule has 2 aromatic carbocycles. The summed E-state index contributed by atoms with van der Waals surface area (Å²) in [5, 5.41) is 10.8. The van der Waals surface area contributed by atoms with Crippen LogP contribution in [0, 0.1) is 5.92 Å². The Bertz CT molecular complexity index is 633. The summed E-state index contributed by atoms with van der Waals surface area (Å²) in [7, 11) is 0. The second kappa shape index (κ2) is 8.11. The van der Waals surface area contributed by atoms with Crippen molar-refractivity contribution in [1.29, 1.82) is 0 Å². The van der Waals surface area contributed by atoms with Crippen LogP contribution in [-0.4, -0.2) is 11.1 Å². The Morgan fingerprint density at radius 2 is 1.42 bits per heavy atom. The molecule has 1 aliphatic rings. The molecule has 1 aliphatic carbocycles. The van der Waals surface area contributed by atoms with Gasteiger partial charge in [-0.3, -0.25) is 4.79 Å². The number of hydrogen-bond donors (Lipinski definition) is 1. The molecule has 3 nitrogen and oxygen atoms in total. The Morgan fingerprint density at radius 3 is 2.00 bits per heavy atom. The quantitative estimate of drug-likeness (QED) is 0.819. The predicted octanol–water partition coefficient (Wildman–Crippen LogP) is 4.58. The van der Waals surface area contributed by atoms with Crippen LogP contribution in [0.15, 0.2) is 60.7 Å². The number of hydrogen-bond acceptors (Lipinski definition) is 3. The van der Waals surface area contributed by atoms with E-state index < -0.39 is 12.2 Å². The maximum atomic E-state index is 12.6. The summed E-state index contributed by atoms with van der Waals surface area (Å²) in [4.78, 5) is 12.6. The van der Waals surface area contributed by atoms with Crippen LogP contribution in [-0.2, 0) is 9.53 Å². The van der Waals surface area contributed by atoms with Crippen LogP contribution in [0.4, 0.5) is 0 Å². The number of ether oxygens (including phenoxy) is 1. The van der Waals surface area contributed by atoms with Crippen LogP contribution in [0.5, 0.6) is 0 Å². The number of aliphatic hydroxyl groups is 1. The highest BCUT2D eigenvalue weighted by Crippen LogP contribution is 2.34. The van der Waals surface area contributed by atoms with Crippen molar-refractivity contribution in [3.63, 3.8) is 0 Å². The largest absolute Gasteiger partial charge is 0.454 e. The molecular formula is C21H24O3. The van der Waals surface area contributed by atoms with Crippen LogP contribution in [0.25, 0.3) is 0 Å². The summed E-state index contributed by atoms with van der Waals surface area (Å²) in [5.41, 5.74) is 1.57. The minimum atomic E-state index is -0.874. The Morgan fingerprint density at radius 1 is 0.875 bits per heavy atom. The number of benzene rings is 2. The van der Waals surface area contributed by atoms with Crippen molar-refractivity contribution in [2.75, 3.05) is 0 Å². The Hall–Kier alpha value is -2.13. The van der Waals surface area contributed by atoms with Gasteiger partial charge in [-0.15, -0.1) is 0 Å². The molecule has 0 unspecified atom stereocenters. The lowest BCUT2D eigenvalue weighted by Gasteiger charge is -2.27. The van der Waals surface area contributed by atoms with Crippen molar-refractivity contribution < 1.29 is 14.6 Å². The molecule has 3 rings (SSSR count). The molecule has 0 aliphatic heterocycles. The summed E-state index contributed by atoms with van der Waals surface area (Å²) in [6, 6.07) is 18.9. The minimum Gasteiger partial charge on any atom is -0.454 e. The monoisotopic (exact) mass is 324 g/mol. The fourth-order valence-electron chi connectivity index (χ4n) is 3.34. The first kappa shape index (κ1) is 16.7. The highest BCUT2D eigenvalue weighted by Gasteiger charge is 2.30. The van der Waals surface area contributed by atoms with E-state index in [0.29, 0.717) is 0 Å². The number of rotatable bonds is 5. The Balaban J connectivity index is 1.81. The molecule has 0 bridgehead atoms. The molecule has 24 heavy (non-hydrogen) atoms. The molecule has 2 aromatic rings. The van der Waals surface area contributed by atoms with Crippen LogP contribution in [0.3, 0.4) is 0 Å². The first-order chi connectivity index (χ1) is 11.8. The van der Waals surface area contributed by atoms with Crippen molar-refractivity contribution in [2.24, 2.45) is 5.92 Å². The molecule has 2 atom stereocenters. The molecule has 0 radical (unpaired) electrons. The third-order valence-electron chi connectivity index (χ3n) is 4.74. The number of aliphatic hydroxyl groups excluding tert-OH is 1. The zero-order chi connectivity index (χ0) is 16.8. The second-order valence-electron chi connectivity index (χ2n) is 6.46. The van der Waals surface area contributed by atoms with Gasteiger partial charge in [-0.2, -0.15) is 0 Å². The van der Waals surface area contributed by atoms with Gasteiger partial charge in [0.2, 0.25) is 0 Å². The summed E-state index contributed by atoms with van der Waals surface area (Å²) >= 11 is 0. The van der Waals surface area contributed by atoms with E-state index in [0.717, 1.165) is 36.8 Å². The van der Waals surface area contributed by atoms with Gasteiger partial charge in [-0.25, -0.2) is 0 Å². The smallest absolute Gasteiger partial charge is 0.309 e. The first-order valence-electron chi connectivity index (χ1n) is 8.74. The zero-order valence-electron chi connectivity index (χ0n) is 13.8. The van der Waals surface area contributed by atoms with Gasteiger partial charge in [0.15, 0.2) is 6.10 Å². The second-order valence-corrected chi connectivity index (χ2v) is 6.46. The van der Waals surface area contributed by atoms with Crippen LogP contribution in [0.2, 0.25) is 0 Å². The number of esters is 1. The maximum Gasteiger partial charge on any atom is 0.309 e. The molecule has 0 amide bonds. The van der Waals surface area contributed by atoms with Gasteiger partial charge in [0.05, 0.1) is 5.92 Å². The van der Waals surface area contributed by atoms with E-state index in [1.165, 1.54) is 6.42 Å². The molecule has 3 heteroatoms. The molecule has 1 N–H and O–H groups in total. The summed E-state index contributed by atoms with van der Waals surface area (Å²) in [6.45, 7) is 0. The number of carbonyl (C=O) groups is 1. The van der Waals surface area contributed by atoms with Gasteiger partial charge in [-0.1, -0.05) is 79.9 Å². The van der Waals surface area contributed by atoms with Gasteiger partial charge in [0.25, 0.3) is 0 Å². The van der Waals surface area contributed by atoms with Crippen molar-refractivity contribution >= 4 is 5.97 Å². The van der Waals surface area contributed by atoms with Gasteiger partial charge in [-0.05, 0) is 24.0 Å². The van der Waals surface area contributed by atoms with Crippen molar-refractivity contribution in [1.82, 2.24) is 0 Å². The average molecular weight is 324 g/mol. The third-order valence-corrected chi connectivity index (χ3v) is 4.74. The van der Waals surface area contributed by atoms with E-state index in [9.17, 15) is 9.90 Å². The highest BCUT2D eigenvalue weighted by molar-refractivity contribution is 5.73. The third kappa shape index (κ3) is 4.04.